The van der Waals surface area contributed by atoms with Gasteiger partial charge in [0.2, 0.25) is 5.75 Å². The number of methoxy groups -OCH3 is 1. The number of terminal acetylenes is 1. The minimum Gasteiger partial charge on any atom is -0.493 e. The van der Waals surface area contributed by atoms with Crippen molar-refractivity contribution in [2.24, 2.45) is 0 Å². The molecule has 1 atom stereocenters. The molecule has 3 aromatic rings. The van der Waals surface area contributed by atoms with Crippen molar-refractivity contribution >= 4 is 22.4 Å². The monoisotopic (exact) mass is 547 g/mol. The lowest BCUT2D eigenvalue weighted by molar-refractivity contribution is -0.384. The number of nitrogen functional groups attached to an aromatic ring is 1. The number of nitrogens with two attached hydrogens (primary N) is 1. The van der Waals surface area contributed by atoms with Gasteiger partial charge in [0.05, 0.1) is 54.5 Å². The van der Waals surface area contributed by atoms with Crippen LogP contribution in [0, 0.1) is 34.1 Å². The summed E-state index contributed by atoms with van der Waals surface area (Å²) in [6.07, 6.45) is 3.38. The number of hydrogen-bond donors (Lipinski definition) is 1. The molecule has 204 valence electrons. The van der Waals surface area contributed by atoms with Crippen LogP contribution in [-0.2, 0) is 4.74 Å². The summed E-state index contributed by atoms with van der Waals surface area (Å²) in [5.41, 5.74) is 4.14. The molecular formula is C25H21F4N5O5. The normalized spacial score (nSPS) is 19.3. The van der Waals surface area contributed by atoms with Crippen molar-refractivity contribution < 1.29 is 36.7 Å². The lowest BCUT2D eigenvalue weighted by Gasteiger charge is -2.44. The highest BCUT2D eigenvalue weighted by Crippen LogP contribution is 2.47. The number of rotatable bonds is 6. The van der Waals surface area contributed by atoms with Gasteiger partial charge in [0, 0.05) is 19.0 Å². The molecule has 0 amide bonds. The number of piperidine rings is 1. The van der Waals surface area contributed by atoms with Crippen molar-refractivity contribution in [3.63, 3.8) is 0 Å². The first-order chi connectivity index (χ1) is 18.6. The first-order valence-electron chi connectivity index (χ1n) is 11.7. The van der Waals surface area contributed by atoms with E-state index in [4.69, 9.17) is 26.4 Å². The molecule has 3 heterocycles. The van der Waals surface area contributed by atoms with Crippen LogP contribution >= 0.6 is 0 Å². The SMILES string of the molecule is C#Cc1c(F)ccc(-c2nc(N)c3c([N+](=O)[O-])c(O[C@@H]4CCN(C5COC5)CC4(F)F)c(OC)cc3n2)c1F. The minimum absolute atomic E-state index is 0.116. The van der Waals surface area contributed by atoms with E-state index in [-0.39, 0.29) is 47.0 Å². The molecule has 0 unspecified atom stereocenters. The summed E-state index contributed by atoms with van der Waals surface area (Å²) in [4.78, 5) is 21.1. The number of nitro groups is 1. The van der Waals surface area contributed by atoms with Crippen LogP contribution in [0.25, 0.3) is 22.3 Å². The Hall–Kier alpha value is -4.22. The van der Waals surface area contributed by atoms with Gasteiger partial charge in [0.25, 0.3) is 5.92 Å². The van der Waals surface area contributed by atoms with Crippen LogP contribution in [0.4, 0.5) is 29.1 Å². The van der Waals surface area contributed by atoms with Gasteiger partial charge in [-0.3, -0.25) is 15.0 Å². The molecule has 14 heteroatoms. The Morgan fingerprint density at radius 1 is 1.31 bits per heavy atom. The molecule has 10 nitrogen and oxygen atoms in total. The number of ether oxygens (including phenoxy) is 3. The van der Waals surface area contributed by atoms with Crippen LogP contribution in [0.15, 0.2) is 18.2 Å². The molecule has 0 saturated carbocycles. The van der Waals surface area contributed by atoms with E-state index in [1.165, 1.54) is 13.2 Å². The second-order valence-corrected chi connectivity index (χ2v) is 9.09. The van der Waals surface area contributed by atoms with E-state index in [9.17, 15) is 18.9 Å². The van der Waals surface area contributed by atoms with E-state index in [2.05, 4.69) is 9.97 Å². The highest BCUT2D eigenvalue weighted by Gasteiger charge is 2.49. The number of fused-ring (bicyclic) bond motifs is 1. The highest BCUT2D eigenvalue weighted by molar-refractivity contribution is 6.01. The summed E-state index contributed by atoms with van der Waals surface area (Å²) in [6.45, 7) is 0.389. The molecule has 2 aromatic carbocycles. The van der Waals surface area contributed by atoms with Gasteiger partial charge in [0.15, 0.2) is 23.5 Å². The summed E-state index contributed by atoms with van der Waals surface area (Å²) >= 11 is 0. The van der Waals surface area contributed by atoms with Crippen LogP contribution in [0.5, 0.6) is 11.5 Å². The van der Waals surface area contributed by atoms with E-state index in [0.717, 1.165) is 12.1 Å². The number of likely N-dealkylation sites (tertiary alicyclic amines) is 1. The fourth-order valence-corrected chi connectivity index (χ4v) is 4.66. The highest BCUT2D eigenvalue weighted by atomic mass is 19.3. The predicted molar refractivity (Wildman–Crippen MR) is 131 cm³/mol. The van der Waals surface area contributed by atoms with Gasteiger partial charge in [-0.2, -0.15) is 0 Å². The van der Waals surface area contributed by atoms with Crippen LogP contribution in [0.2, 0.25) is 0 Å². The van der Waals surface area contributed by atoms with Crippen LogP contribution < -0.4 is 15.2 Å². The number of anilines is 1. The van der Waals surface area contributed by atoms with E-state index in [0.29, 0.717) is 13.2 Å². The second-order valence-electron chi connectivity index (χ2n) is 9.09. The van der Waals surface area contributed by atoms with Gasteiger partial charge < -0.3 is 19.9 Å². The smallest absolute Gasteiger partial charge is 0.327 e. The topological polar surface area (TPSA) is 126 Å². The number of hydrogen-bond acceptors (Lipinski definition) is 9. The fraction of sp³-hybridized carbons (Fsp3) is 0.360. The van der Waals surface area contributed by atoms with Gasteiger partial charge in [-0.1, -0.05) is 5.92 Å². The first-order valence-corrected chi connectivity index (χ1v) is 11.7. The standard InChI is InChI=1S/C25H21F4N5O5/c1-3-13-15(26)5-4-14(20(13)27)24-31-16-8-17(37-2)22(21(34(35)36)19(16)23(30)32-24)39-18-6-7-33(11-25(18,28)29)12-9-38-10-12/h1,4-5,8,12,18H,6-7,9-11H2,2H3,(H2,30,31,32)/t18-/m1/s1. The lowest BCUT2D eigenvalue weighted by atomic mass is 10.0. The Kier molecular flexibility index (Phi) is 6.65. The molecule has 2 aliphatic rings. The zero-order valence-corrected chi connectivity index (χ0v) is 20.4. The number of alkyl halides is 2. The number of benzene rings is 2. The van der Waals surface area contributed by atoms with Gasteiger partial charge in [-0.25, -0.2) is 27.5 Å². The summed E-state index contributed by atoms with van der Waals surface area (Å²) in [5.74, 6) is -5.18. The summed E-state index contributed by atoms with van der Waals surface area (Å²) in [5, 5.41) is 11.9. The van der Waals surface area contributed by atoms with Crippen LogP contribution in [0.3, 0.4) is 0 Å². The molecule has 0 radical (unpaired) electrons. The third-order valence-corrected chi connectivity index (χ3v) is 6.75. The minimum atomic E-state index is -3.34. The molecule has 2 saturated heterocycles. The second kappa shape index (κ2) is 9.83. The maximum absolute atomic E-state index is 15.1. The van der Waals surface area contributed by atoms with Gasteiger partial charge in [-0.15, -0.1) is 6.42 Å². The van der Waals surface area contributed by atoms with Crippen molar-refractivity contribution in [3.05, 3.63) is 45.5 Å². The number of halogens is 4. The fourth-order valence-electron chi connectivity index (χ4n) is 4.66. The van der Waals surface area contributed by atoms with Gasteiger partial charge >= 0.3 is 5.69 Å². The first kappa shape index (κ1) is 26.4. The van der Waals surface area contributed by atoms with E-state index in [1.807, 2.05) is 5.92 Å². The van der Waals surface area contributed by atoms with Gasteiger partial charge in [0.1, 0.15) is 17.0 Å². The largest absolute Gasteiger partial charge is 0.493 e. The Balaban J connectivity index is 1.60. The molecular weight excluding hydrogens is 526 g/mol. The average molecular weight is 547 g/mol. The van der Waals surface area contributed by atoms with Crippen molar-refractivity contribution in [2.45, 2.75) is 24.5 Å². The van der Waals surface area contributed by atoms with E-state index in [1.54, 1.807) is 4.90 Å². The average Bonchev–Trinajstić information content (AvgIpc) is 2.84. The quantitative estimate of drug-likeness (QED) is 0.213. The molecule has 5 rings (SSSR count). The summed E-state index contributed by atoms with van der Waals surface area (Å²) < 4.78 is 74.9. The summed E-state index contributed by atoms with van der Waals surface area (Å²) in [7, 11) is 1.17. The Labute approximate surface area is 218 Å². The number of aromatic nitrogens is 2. The molecule has 2 fully saturated rings. The molecule has 2 N–H and O–H groups in total. The third-order valence-electron chi connectivity index (χ3n) is 6.75. The Morgan fingerprint density at radius 3 is 2.64 bits per heavy atom. The number of nitro benzene ring substituents is 1. The molecule has 0 spiro atoms. The molecule has 39 heavy (non-hydrogen) atoms. The maximum atomic E-state index is 15.1. The Bertz CT molecular complexity index is 1530. The van der Waals surface area contributed by atoms with E-state index < -0.39 is 57.9 Å². The zero-order chi connectivity index (χ0) is 28.1. The van der Waals surface area contributed by atoms with Crippen LogP contribution in [0.1, 0.15) is 12.0 Å². The Morgan fingerprint density at radius 2 is 2.05 bits per heavy atom. The lowest BCUT2D eigenvalue weighted by Crippen LogP contribution is -2.60. The van der Waals surface area contributed by atoms with Gasteiger partial charge in [-0.05, 0) is 12.1 Å². The summed E-state index contributed by atoms with van der Waals surface area (Å²) in [6, 6.07) is 3.03. The maximum Gasteiger partial charge on any atom is 0.327 e. The predicted octanol–water partition coefficient (Wildman–Crippen LogP) is 3.54. The molecule has 0 aliphatic carbocycles. The number of nitrogens with zero attached hydrogens (tertiary/aromatic N) is 4. The molecule has 2 aliphatic heterocycles. The van der Waals surface area contributed by atoms with Crippen molar-refractivity contribution in [1.82, 2.24) is 14.9 Å². The van der Waals surface area contributed by atoms with Crippen LogP contribution in [-0.4, -0.2) is 71.3 Å². The van der Waals surface area contributed by atoms with Crippen molar-refractivity contribution in [1.29, 1.82) is 0 Å². The molecule has 1 aromatic heterocycles. The van der Waals surface area contributed by atoms with E-state index >= 15 is 8.78 Å². The van der Waals surface area contributed by atoms with Crippen molar-refractivity contribution in [2.75, 3.05) is 39.1 Å². The van der Waals surface area contributed by atoms with Crippen molar-refractivity contribution in [3.8, 4) is 35.2 Å². The molecule has 0 bridgehead atoms. The third kappa shape index (κ3) is 4.53. The zero-order valence-electron chi connectivity index (χ0n) is 20.4.